The van der Waals surface area contributed by atoms with Crippen LogP contribution in [0.15, 0.2) is 64.0 Å². The van der Waals surface area contributed by atoms with E-state index in [2.05, 4.69) is 0 Å². The summed E-state index contributed by atoms with van der Waals surface area (Å²) in [5.74, 6) is 0. The molecule has 104 valence electrons. The Balaban J connectivity index is 1.74. The Kier molecular flexibility index (Phi) is 2.84. The molecule has 0 N–H and O–H groups in total. The number of hydrogen-bond donors (Lipinski definition) is 0. The van der Waals surface area contributed by atoms with Crippen molar-refractivity contribution < 1.29 is 9.15 Å². The van der Waals surface area contributed by atoms with Gasteiger partial charge in [-0.15, -0.1) is 0 Å². The normalized spacial score (nSPS) is 20.6. The Morgan fingerprint density at radius 1 is 1.00 bits per heavy atom. The molecule has 0 aliphatic carbocycles. The molecule has 0 amide bonds. The zero-order valence-corrected chi connectivity index (χ0v) is 11.7. The lowest BCUT2D eigenvalue weighted by Gasteiger charge is -2.00. The highest BCUT2D eigenvalue weighted by Crippen LogP contribution is 2.50. The Morgan fingerprint density at radius 2 is 1.81 bits per heavy atom. The van der Waals surface area contributed by atoms with E-state index in [9.17, 15) is 4.79 Å². The molecule has 0 radical (unpaired) electrons. The fraction of sp³-hybridized carbons (Fsp3) is 0.118. The van der Waals surface area contributed by atoms with E-state index >= 15 is 0 Å². The minimum absolute atomic E-state index is 0.0589. The van der Waals surface area contributed by atoms with Crippen LogP contribution in [-0.2, 0) is 4.74 Å². The molecule has 1 aliphatic heterocycles. The molecule has 0 bridgehead atoms. The Labute approximate surface area is 125 Å². The number of ether oxygens (including phenoxy) is 1. The first kappa shape index (κ1) is 12.6. The SMILES string of the molecule is O=c1c(C2O[C@@H]2c2ccccc2)coc2cc(Cl)ccc12. The van der Waals surface area contributed by atoms with Crippen LogP contribution in [-0.4, -0.2) is 0 Å². The van der Waals surface area contributed by atoms with Gasteiger partial charge in [-0.05, 0) is 17.7 Å². The molecule has 2 heterocycles. The van der Waals surface area contributed by atoms with E-state index < -0.39 is 0 Å². The molecular formula is C17H11ClO3. The fourth-order valence-corrected chi connectivity index (χ4v) is 2.72. The van der Waals surface area contributed by atoms with Crippen molar-refractivity contribution in [1.82, 2.24) is 0 Å². The molecular weight excluding hydrogens is 288 g/mol. The van der Waals surface area contributed by atoms with E-state index in [1.54, 1.807) is 18.2 Å². The Hall–Kier alpha value is -2.10. The lowest BCUT2D eigenvalue weighted by atomic mass is 10.0. The van der Waals surface area contributed by atoms with E-state index in [0.29, 0.717) is 21.6 Å². The standard InChI is InChI=1S/C17H11ClO3/c18-11-6-7-12-14(8-11)20-9-13(15(12)19)17-16(21-17)10-4-2-1-3-5-10/h1-9,16-17H/t16-,17?/m1/s1. The van der Waals surface area contributed by atoms with E-state index in [0.717, 1.165) is 5.56 Å². The molecule has 1 aromatic heterocycles. The van der Waals surface area contributed by atoms with Crippen molar-refractivity contribution in [1.29, 1.82) is 0 Å². The third kappa shape index (κ3) is 2.15. The minimum atomic E-state index is -0.233. The van der Waals surface area contributed by atoms with Crippen LogP contribution in [0.25, 0.3) is 11.0 Å². The number of epoxide rings is 1. The average Bonchev–Trinajstić information content (AvgIpc) is 3.29. The summed E-state index contributed by atoms with van der Waals surface area (Å²) in [6.45, 7) is 0. The van der Waals surface area contributed by atoms with Gasteiger partial charge in [0.05, 0.1) is 10.9 Å². The monoisotopic (exact) mass is 298 g/mol. The lowest BCUT2D eigenvalue weighted by molar-refractivity contribution is 0.374. The summed E-state index contributed by atoms with van der Waals surface area (Å²) in [6.07, 6.45) is 1.18. The highest BCUT2D eigenvalue weighted by molar-refractivity contribution is 6.31. The highest BCUT2D eigenvalue weighted by Gasteiger charge is 2.43. The molecule has 1 saturated heterocycles. The van der Waals surface area contributed by atoms with E-state index in [4.69, 9.17) is 20.8 Å². The van der Waals surface area contributed by atoms with E-state index in [1.807, 2.05) is 30.3 Å². The molecule has 2 atom stereocenters. The average molecular weight is 299 g/mol. The van der Waals surface area contributed by atoms with E-state index in [1.165, 1.54) is 6.26 Å². The topological polar surface area (TPSA) is 42.7 Å². The molecule has 2 aromatic carbocycles. The smallest absolute Gasteiger partial charge is 0.198 e. The van der Waals surface area contributed by atoms with Gasteiger partial charge in [0.15, 0.2) is 5.43 Å². The van der Waals surface area contributed by atoms with E-state index in [-0.39, 0.29) is 17.6 Å². The second-order valence-electron chi connectivity index (χ2n) is 5.05. The predicted octanol–water partition coefficient (Wildman–Crippen LogP) is 4.26. The third-order valence-electron chi connectivity index (χ3n) is 3.69. The summed E-state index contributed by atoms with van der Waals surface area (Å²) in [6, 6.07) is 14.9. The summed E-state index contributed by atoms with van der Waals surface area (Å²) < 4.78 is 11.2. The first-order valence-electron chi connectivity index (χ1n) is 6.65. The van der Waals surface area contributed by atoms with Crippen LogP contribution in [0.5, 0.6) is 0 Å². The number of benzene rings is 2. The van der Waals surface area contributed by atoms with Crippen LogP contribution < -0.4 is 5.43 Å². The van der Waals surface area contributed by atoms with Crippen molar-refractivity contribution >= 4 is 22.6 Å². The largest absolute Gasteiger partial charge is 0.464 e. The van der Waals surface area contributed by atoms with Crippen molar-refractivity contribution in [2.24, 2.45) is 0 Å². The van der Waals surface area contributed by atoms with Crippen molar-refractivity contribution in [3.8, 4) is 0 Å². The number of halogens is 1. The molecule has 4 rings (SSSR count). The maximum absolute atomic E-state index is 12.5. The van der Waals surface area contributed by atoms with Gasteiger partial charge in [-0.1, -0.05) is 41.9 Å². The van der Waals surface area contributed by atoms with Gasteiger partial charge in [-0.25, -0.2) is 0 Å². The van der Waals surface area contributed by atoms with Crippen LogP contribution in [0.2, 0.25) is 5.02 Å². The number of fused-ring (bicyclic) bond motifs is 1. The predicted molar refractivity (Wildman–Crippen MR) is 80.5 cm³/mol. The number of hydrogen-bond acceptors (Lipinski definition) is 3. The second-order valence-corrected chi connectivity index (χ2v) is 5.49. The maximum atomic E-state index is 12.5. The zero-order chi connectivity index (χ0) is 14.4. The molecule has 4 heteroatoms. The maximum Gasteiger partial charge on any atom is 0.198 e. The molecule has 0 saturated carbocycles. The van der Waals surface area contributed by atoms with Crippen LogP contribution in [0.1, 0.15) is 23.3 Å². The van der Waals surface area contributed by atoms with Crippen LogP contribution in [0.3, 0.4) is 0 Å². The third-order valence-corrected chi connectivity index (χ3v) is 3.92. The molecule has 1 fully saturated rings. The first-order valence-corrected chi connectivity index (χ1v) is 7.03. The van der Waals surface area contributed by atoms with Crippen molar-refractivity contribution in [3.05, 3.63) is 81.2 Å². The molecule has 1 aliphatic rings. The molecule has 21 heavy (non-hydrogen) atoms. The van der Waals surface area contributed by atoms with Gasteiger partial charge in [0.25, 0.3) is 0 Å². The first-order chi connectivity index (χ1) is 10.2. The molecule has 3 aromatic rings. The number of rotatable bonds is 2. The minimum Gasteiger partial charge on any atom is -0.464 e. The van der Waals surface area contributed by atoms with Gasteiger partial charge >= 0.3 is 0 Å². The molecule has 1 unspecified atom stereocenters. The summed E-state index contributed by atoms with van der Waals surface area (Å²) in [4.78, 5) is 12.5. The van der Waals surface area contributed by atoms with Crippen LogP contribution in [0, 0.1) is 0 Å². The summed E-state index contributed by atoms with van der Waals surface area (Å²) in [5.41, 5.74) is 2.06. The summed E-state index contributed by atoms with van der Waals surface area (Å²) in [5, 5.41) is 1.07. The zero-order valence-electron chi connectivity index (χ0n) is 11.0. The highest BCUT2D eigenvalue weighted by atomic mass is 35.5. The van der Waals surface area contributed by atoms with Crippen molar-refractivity contribution in [2.75, 3.05) is 0 Å². The fourth-order valence-electron chi connectivity index (χ4n) is 2.56. The van der Waals surface area contributed by atoms with Gasteiger partial charge in [0.2, 0.25) is 0 Å². The second kappa shape index (κ2) is 4.72. The van der Waals surface area contributed by atoms with Crippen LogP contribution in [0.4, 0.5) is 0 Å². The van der Waals surface area contributed by atoms with Crippen molar-refractivity contribution in [3.63, 3.8) is 0 Å². The summed E-state index contributed by atoms with van der Waals surface area (Å²) in [7, 11) is 0. The lowest BCUT2D eigenvalue weighted by Crippen LogP contribution is -2.08. The van der Waals surface area contributed by atoms with Gasteiger partial charge in [0.1, 0.15) is 24.1 Å². The van der Waals surface area contributed by atoms with Crippen LogP contribution >= 0.6 is 11.6 Å². The Bertz CT molecular complexity index is 870. The molecule has 3 nitrogen and oxygen atoms in total. The summed E-state index contributed by atoms with van der Waals surface area (Å²) >= 11 is 5.90. The quantitative estimate of drug-likeness (QED) is 0.664. The molecule has 0 spiro atoms. The van der Waals surface area contributed by atoms with Crippen molar-refractivity contribution in [2.45, 2.75) is 12.2 Å². The van der Waals surface area contributed by atoms with Gasteiger partial charge in [-0.3, -0.25) is 4.79 Å². The Morgan fingerprint density at radius 3 is 2.62 bits per heavy atom. The van der Waals surface area contributed by atoms with Gasteiger partial charge < -0.3 is 9.15 Å². The van der Waals surface area contributed by atoms with Gasteiger partial charge in [0, 0.05) is 11.1 Å². The van der Waals surface area contributed by atoms with Gasteiger partial charge in [-0.2, -0.15) is 0 Å².